The molecule has 8 nitrogen and oxygen atoms in total. The molecular formula is C17H30N6O2S. The van der Waals surface area contributed by atoms with Crippen LogP contribution < -0.4 is 10.6 Å². The number of methoxy groups -OCH3 is 1. The molecule has 9 heteroatoms. The molecule has 2 rings (SSSR count). The molecule has 1 aromatic rings. The van der Waals surface area contributed by atoms with Gasteiger partial charge in [0.25, 0.3) is 0 Å². The second-order valence-corrected chi connectivity index (χ2v) is 7.51. The van der Waals surface area contributed by atoms with Crippen molar-refractivity contribution in [2.24, 2.45) is 4.99 Å². The number of amides is 1. The van der Waals surface area contributed by atoms with Gasteiger partial charge in [-0.3, -0.25) is 14.7 Å². The monoisotopic (exact) mass is 382 g/mol. The number of hydrogen-bond donors (Lipinski definition) is 2. The number of carbonyl (C=O) groups is 1. The zero-order chi connectivity index (χ0) is 18.8. The van der Waals surface area contributed by atoms with E-state index in [1.165, 1.54) is 4.88 Å². The zero-order valence-corrected chi connectivity index (χ0v) is 16.8. The minimum absolute atomic E-state index is 0.0525. The Kier molecular flexibility index (Phi) is 8.79. The van der Waals surface area contributed by atoms with Gasteiger partial charge in [0, 0.05) is 70.9 Å². The number of ether oxygens (including phenoxy) is 1. The van der Waals surface area contributed by atoms with E-state index in [1.807, 2.05) is 13.2 Å². The van der Waals surface area contributed by atoms with Crippen molar-refractivity contribution in [2.75, 3.05) is 66.6 Å². The Balaban J connectivity index is 1.67. The molecule has 1 aromatic heterocycles. The Morgan fingerprint density at radius 3 is 2.69 bits per heavy atom. The van der Waals surface area contributed by atoms with Gasteiger partial charge in [-0.2, -0.15) is 0 Å². The van der Waals surface area contributed by atoms with Gasteiger partial charge >= 0.3 is 0 Å². The van der Waals surface area contributed by atoms with Gasteiger partial charge in [0.15, 0.2) is 5.96 Å². The Bertz CT molecular complexity index is 584. The number of aliphatic imine (C=N–C) groups is 1. The molecule has 1 aliphatic rings. The zero-order valence-electron chi connectivity index (χ0n) is 16.0. The normalized spacial score (nSPS) is 16.0. The Hall–Kier alpha value is -1.71. The van der Waals surface area contributed by atoms with Gasteiger partial charge < -0.3 is 20.3 Å². The summed E-state index contributed by atoms with van der Waals surface area (Å²) in [6.07, 6.45) is 2.82. The number of aromatic nitrogens is 1. The molecule has 26 heavy (non-hydrogen) atoms. The van der Waals surface area contributed by atoms with Crippen molar-refractivity contribution in [1.29, 1.82) is 0 Å². The molecule has 0 bridgehead atoms. The van der Waals surface area contributed by atoms with Gasteiger partial charge in [0.1, 0.15) is 0 Å². The molecule has 146 valence electrons. The molecule has 1 amide bonds. The predicted molar refractivity (Wildman–Crippen MR) is 105 cm³/mol. The van der Waals surface area contributed by atoms with E-state index in [4.69, 9.17) is 4.74 Å². The summed E-state index contributed by atoms with van der Waals surface area (Å²) in [4.78, 5) is 26.3. The molecule has 0 aromatic carbocycles. The molecule has 2 heterocycles. The number of hydrogen-bond acceptors (Lipinski definition) is 6. The maximum absolute atomic E-state index is 11.9. The fourth-order valence-electron chi connectivity index (χ4n) is 2.80. The number of rotatable bonds is 8. The first kappa shape index (κ1) is 20.6. The molecular weight excluding hydrogens is 352 g/mol. The van der Waals surface area contributed by atoms with Gasteiger partial charge in [-0.05, 0) is 6.92 Å². The highest BCUT2D eigenvalue weighted by Gasteiger charge is 2.20. The standard InChI is InChI=1S/C17H30N6O2S/c1-14-12-21-16(26-14)4-5-20-17(18-2)23-9-7-22(8-10-23)13-15(24)19-6-11-25-3/h12H,4-11,13H2,1-3H3,(H,18,20)(H,19,24). The average molecular weight is 383 g/mol. The Labute approximate surface area is 159 Å². The summed E-state index contributed by atoms with van der Waals surface area (Å²) in [6, 6.07) is 0. The molecule has 1 fully saturated rings. The first-order valence-electron chi connectivity index (χ1n) is 8.97. The number of nitrogens with one attached hydrogen (secondary N) is 2. The number of aryl methyl sites for hydroxylation is 1. The third kappa shape index (κ3) is 6.89. The van der Waals surface area contributed by atoms with E-state index in [1.54, 1.807) is 18.4 Å². The van der Waals surface area contributed by atoms with Crippen molar-refractivity contribution >= 4 is 23.2 Å². The molecule has 2 N–H and O–H groups in total. The van der Waals surface area contributed by atoms with Crippen molar-refractivity contribution in [1.82, 2.24) is 25.4 Å². The number of nitrogens with zero attached hydrogens (tertiary/aromatic N) is 4. The summed E-state index contributed by atoms with van der Waals surface area (Å²) in [5.74, 6) is 0.972. The second-order valence-electron chi connectivity index (χ2n) is 6.19. The van der Waals surface area contributed by atoms with E-state index < -0.39 is 0 Å². The highest BCUT2D eigenvalue weighted by molar-refractivity contribution is 7.11. The van der Waals surface area contributed by atoms with Crippen LogP contribution in [0.3, 0.4) is 0 Å². The lowest BCUT2D eigenvalue weighted by Gasteiger charge is -2.36. The summed E-state index contributed by atoms with van der Waals surface area (Å²) in [5.41, 5.74) is 0. The third-order valence-electron chi connectivity index (χ3n) is 4.17. The van der Waals surface area contributed by atoms with Crippen LogP contribution in [0.15, 0.2) is 11.2 Å². The number of guanidine groups is 1. The van der Waals surface area contributed by atoms with Crippen LogP contribution in [-0.4, -0.2) is 93.2 Å². The van der Waals surface area contributed by atoms with E-state index in [0.717, 1.165) is 50.1 Å². The van der Waals surface area contributed by atoms with Crippen LogP contribution in [0, 0.1) is 6.92 Å². The highest BCUT2D eigenvalue weighted by Crippen LogP contribution is 2.11. The van der Waals surface area contributed by atoms with Crippen molar-refractivity contribution < 1.29 is 9.53 Å². The first-order chi connectivity index (χ1) is 12.6. The highest BCUT2D eigenvalue weighted by atomic mass is 32.1. The summed E-state index contributed by atoms with van der Waals surface area (Å²) in [7, 11) is 3.44. The van der Waals surface area contributed by atoms with Crippen LogP contribution in [0.1, 0.15) is 9.88 Å². The van der Waals surface area contributed by atoms with Crippen molar-refractivity contribution in [3.8, 4) is 0 Å². The number of thiazole rings is 1. The minimum Gasteiger partial charge on any atom is -0.383 e. The van der Waals surface area contributed by atoms with E-state index in [9.17, 15) is 4.79 Å². The molecule has 0 atom stereocenters. The number of piperazine rings is 1. The molecule has 0 aliphatic carbocycles. The Morgan fingerprint density at radius 1 is 1.31 bits per heavy atom. The van der Waals surface area contributed by atoms with E-state index in [0.29, 0.717) is 19.7 Å². The molecule has 1 saturated heterocycles. The lowest BCUT2D eigenvalue weighted by Crippen LogP contribution is -2.54. The summed E-state index contributed by atoms with van der Waals surface area (Å²) in [5, 5.41) is 7.43. The molecule has 0 unspecified atom stereocenters. The lowest BCUT2D eigenvalue weighted by molar-refractivity contribution is -0.122. The van der Waals surface area contributed by atoms with E-state index in [2.05, 4.69) is 37.3 Å². The quantitative estimate of drug-likeness (QED) is 0.373. The van der Waals surface area contributed by atoms with Crippen molar-refractivity contribution in [2.45, 2.75) is 13.3 Å². The summed E-state index contributed by atoms with van der Waals surface area (Å²) < 4.78 is 4.94. The minimum atomic E-state index is 0.0525. The van der Waals surface area contributed by atoms with Gasteiger partial charge in [-0.25, -0.2) is 4.98 Å². The van der Waals surface area contributed by atoms with Crippen LogP contribution in [0.25, 0.3) is 0 Å². The van der Waals surface area contributed by atoms with Gasteiger partial charge in [0.05, 0.1) is 18.2 Å². The van der Waals surface area contributed by atoms with E-state index >= 15 is 0 Å². The lowest BCUT2D eigenvalue weighted by atomic mass is 10.3. The average Bonchev–Trinajstić information content (AvgIpc) is 3.05. The Morgan fingerprint density at radius 2 is 2.08 bits per heavy atom. The fraction of sp³-hybridized carbons (Fsp3) is 0.706. The van der Waals surface area contributed by atoms with Gasteiger partial charge in [-0.15, -0.1) is 11.3 Å². The van der Waals surface area contributed by atoms with Gasteiger partial charge in [0.2, 0.25) is 5.91 Å². The van der Waals surface area contributed by atoms with Crippen LogP contribution in [0.5, 0.6) is 0 Å². The predicted octanol–water partition coefficient (Wildman–Crippen LogP) is -0.0504. The summed E-state index contributed by atoms with van der Waals surface area (Å²) >= 11 is 1.74. The van der Waals surface area contributed by atoms with Crippen molar-refractivity contribution in [3.63, 3.8) is 0 Å². The maximum Gasteiger partial charge on any atom is 0.234 e. The third-order valence-corrected chi connectivity index (χ3v) is 5.14. The first-order valence-corrected chi connectivity index (χ1v) is 9.79. The van der Waals surface area contributed by atoms with Crippen LogP contribution in [0.4, 0.5) is 0 Å². The van der Waals surface area contributed by atoms with E-state index in [-0.39, 0.29) is 5.91 Å². The second kappa shape index (κ2) is 11.1. The molecule has 1 aliphatic heterocycles. The SMILES string of the molecule is CN=C(NCCc1ncc(C)s1)N1CCN(CC(=O)NCCOC)CC1. The van der Waals surface area contributed by atoms with Gasteiger partial charge in [-0.1, -0.05) is 0 Å². The van der Waals surface area contributed by atoms with Crippen LogP contribution in [0.2, 0.25) is 0 Å². The number of carbonyl (C=O) groups excluding carboxylic acids is 1. The summed E-state index contributed by atoms with van der Waals surface area (Å²) in [6.45, 7) is 7.86. The van der Waals surface area contributed by atoms with Crippen molar-refractivity contribution in [3.05, 3.63) is 16.1 Å². The smallest absolute Gasteiger partial charge is 0.234 e. The van der Waals surface area contributed by atoms with Crippen LogP contribution in [-0.2, 0) is 16.0 Å². The molecule has 0 radical (unpaired) electrons. The fourth-order valence-corrected chi connectivity index (χ4v) is 3.59. The molecule has 0 spiro atoms. The maximum atomic E-state index is 11.9. The largest absolute Gasteiger partial charge is 0.383 e. The van der Waals surface area contributed by atoms with Crippen LogP contribution >= 0.6 is 11.3 Å². The topological polar surface area (TPSA) is 82.1 Å². The molecule has 0 saturated carbocycles.